The second kappa shape index (κ2) is 9.06. The number of benzene rings is 1. The lowest BCUT2D eigenvalue weighted by molar-refractivity contribution is -0.136. The topological polar surface area (TPSA) is 107 Å². The van der Waals surface area contributed by atoms with E-state index in [0.717, 1.165) is 12.0 Å². The molecule has 9 nitrogen and oxygen atoms in total. The Labute approximate surface area is 197 Å². The van der Waals surface area contributed by atoms with Gasteiger partial charge in [-0.2, -0.15) is 10.2 Å². The minimum atomic E-state index is -0.247. The minimum Gasteiger partial charge on any atom is -0.459 e. The van der Waals surface area contributed by atoms with Crippen LogP contribution in [0.1, 0.15) is 36.2 Å². The van der Waals surface area contributed by atoms with Crippen molar-refractivity contribution >= 4 is 17.7 Å². The van der Waals surface area contributed by atoms with Crippen molar-refractivity contribution in [3.05, 3.63) is 59.5 Å². The first-order valence-electron chi connectivity index (χ1n) is 11.4. The van der Waals surface area contributed by atoms with Crippen LogP contribution in [0.5, 0.6) is 0 Å². The highest BCUT2D eigenvalue weighted by atomic mass is 16.4. The maximum Gasteiger partial charge on any atom is 0.266 e. The van der Waals surface area contributed by atoms with E-state index in [9.17, 15) is 14.9 Å². The van der Waals surface area contributed by atoms with Gasteiger partial charge in [-0.1, -0.05) is 24.3 Å². The van der Waals surface area contributed by atoms with Crippen molar-refractivity contribution in [1.82, 2.24) is 14.8 Å². The van der Waals surface area contributed by atoms with Gasteiger partial charge in [0.2, 0.25) is 23.4 Å². The van der Waals surface area contributed by atoms with Gasteiger partial charge >= 0.3 is 0 Å². The summed E-state index contributed by atoms with van der Waals surface area (Å²) in [4.78, 5) is 35.3. The Balaban J connectivity index is 1.27. The Morgan fingerprint density at radius 3 is 2.62 bits per heavy atom. The van der Waals surface area contributed by atoms with E-state index in [4.69, 9.17) is 8.83 Å². The van der Waals surface area contributed by atoms with Crippen LogP contribution in [0.25, 0.3) is 11.7 Å². The van der Waals surface area contributed by atoms with Crippen molar-refractivity contribution in [2.75, 3.05) is 37.6 Å². The largest absolute Gasteiger partial charge is 0.459 e. The van der Waals surface area contributed by atoms with E-state index in [-0.39, 0.29) is 35.9 Å². The molecular weight excluding hydrogens is 434 g/mol. The molecule has 0 radical (unpaired) electrons. The molecule has 5 rings (SSSR count). The summed E-state index contributed by atoms with van der Waals surface area (Å²) < 4.78 is 11.2. The molecular formula is C25H25N5O4. The number of hydrogen-bond donors (Lipinski definition) is 0. The highest BCUT2D eigenvalue weighted by Gasteiger charge is 2.33. The zero-order chi connectivity index (χ0) is 23.7. The van der Waals surface area contributed by atoms with Crippen LogP contribution in [0.15, 0.2) is 51.5 Å². The molecule has 9 heteroatoms. The van der Waals surface area contributed by atoms with Crippen LogP contribution >= 0.6 is 0 Å². The molecule has 1 fully saturated rings. The number of piperazine rings is 1. The lowest BCUT2D eigenvalue weighted by Gasteiger charge is -2.39. The van der Waals surface area contributed by atoms with E-state index in [2.05, 4.69) is 17.1 Å². The van der Waals surface area contributed by atoms with Crippen LogP contribution in [0.3, 0.4) is 0 Å². The number of nitriles is 1. The fourth-order valence-corrected chi connectivity index (χ4v) is 4.81. The zero-order valence-electron chi connectivity index (χ0n) is 18.9. The fourth-order valence-electron chi connectivity index (χ4n) is 4.81. The molecule has 3 aromatic rings. The second-order valence-corrected chi connectivity index (χ2v) is 8.51. The van der Waals surface area contributed by atoms with Gasteiger partial charge in [-0.05, 0) is 29.7 Å². The lowest BCUT2D eigenvalue weighted by atomic mass is 9.90. The molecule has 0 spiro atoms. The number of carbonyl (C=O) groups is 2. The molecule has 174 valence electrons. The highest BCUT2D eigenvalue weighted by Crippen LogP contribution is 2.33. The number of anilines is 1. The number of nitrogens with zero attached hydrogens (tertiary/aromatic N) is 5. The zero-order valence-corrected chi connectivity index (χ0v) is 18.9. The smallest absolute Gasteiger partial charge is 0.266 e. The summed E-state index contributed by atoms with van der Waals surface area (Å²) in [6.45, 7) is 4.21. The molecule has 0 saturated carbocycles. The van der Waals surface area contributed by atoms with Gasteiger partial charge in [-0.25, -0.2) is 0 Å². The predicted molar refractivity (Wildman–Crippen MR) is 123 cm³/mol. The van der Waals surface area contributed by atoms with Crippen molar-refractivity contribution < 1.29 is 18.4 Å². The molecule has 2 aromatic heterocycles. The number of hydrogen-bond acceptors (Lipinski definition) is 7. The summed E-state index contributed by atoms with van der Waals surface area (Å²) >= 11 is 0. The fraction of sp³-hybridized carbons (Fsp3) is 0.360. The number of fused-ring (bicyclic) bond motifs is 1. The van der Waals surface area contributed by atoms with Gasteiger partial charge in [0.25, 0.3) is 5.89 Å². The average molecular weight is 460 g/mol. The molecule has 34 heavy (non-hydrogen) atoms. The summed E-state index contributed by atoms with van der Waals surface area (Å²) in [5, 5.41) is 9.51. The summed E-state index contributed by atoms with van der Waals surface area (Å²) in [7, 11) is 0. The van der Waals surface area contributed by atoms with Gasteiger partial charge in [0.15, 0.2) is 5.76 Å². The first-order valence-corrected chi connectivity index (χ1v) is 11.4. The first kappa shape index (κ1) is 21.8. The summed E-state index contributed by atoms with van der Waals surface area (Å²) in [6, 6.07) is 13.3. The molecule has 0 aliphatic carbocycles. The number of aromatic nitrogens is 1. The lowest BCUT2D eigenvalue weighted by Crippen LogP contribution is -2.50. The summed E-state index contributed by atoms with van der Waals surface area (Å²) in [6.07, 6.45) is 2.58. The monoisotopic (exact) mass is 459 g/mol. The van der Waals surface area contributed by atoms with Crippen LogP contribution in [0.2, 0.25) is 0 Å². The molecule has 2 aliphatic rings. The number of rotatable bonds is 4. The third-order valence-electron chi connectivity index (χ3n) is 6.55. The molecule has 1 saturated heterocycles. The number of oxazole rings is 1. The predicted octanol–water partition coefficient (Wildman–Crippen LogP) is 2.99. The van der Waals surface area contributed by atoms with Gasteiger partial charge < -0.3 is 23.5 Å². The van der Waals surface area contributed by atoms with E-state index >= 15 is 0 Å². The summed E-state index contributed by atoms with van der Waals surface area (Å²) in [5.41, 5.74) is 2.45. The van der Waals surface area contributed by atoms with Crippen molar-refractivity contribution in [3.63, 3.8) is 0 Å². The second-order valence-electron chi connectivity index (χ2n) is 8.51. The molecule has 0 bridgehead atoms. The van der Waals surface area contributed by atoms with E-state index < -0.39 is 0 Å². The SMILES string of the molecule is CC(=O)N1CCc2ccccc2C1CC(=O)N1CCN(c2oc(-c3ccco3)nc2C#N)CC1. The standard InChI is InChI=1S/C25H25N5O4/c1-17(31)30-9-8-18-5-2-3-6-19(18)21(30)15-23(32)28-10-12-29(13-11-28)25-20(16-26)27-24(34-25)22-7-4-14-33-22/h2-7,14,21H,8-13,15H2,1H3. The van der Waals surface area contributed by atoms with Gasteiger partial charge in [-0.15, -0.1) is 0 Å². The van der Waals surface area contributed by atoms with Crippen molar-refractivity contribution in [1.29, 1.82) is 5.26 Å². The quantitative estimate of drug-likeness (QED) is 0.590. The maximum atomic E-state index is 13.2. The number of carbonyl (C=O) groups excluding carboxylic acids is 2. The molecule has 2 amide bonds. The first-order chi connectivity index (χ1) is 16.5. The van der Waals surface area contributed by atoms with E-state index in [1.807, 2.05) is 28.0 Å². The summed E-state index contributed by atoms with van der Waals surface area (Å²) in [5.74, 6) is 1.11. The van der Waals surface area contributed by atoms with E-state index in [1.54, 1.807) is 24.0 Å². The Hall–Kier alpha value is -4.06. The van der Waals surface area contributed by atoms with Gasteiger partial charge in [0.1, 0.15) is 6.07 Å². The number of furan rings is 1. The number of amides is 2. The Morgan fingerprint density at radius 1 is 1.12 bits per heavy atom. The van der Waals surface area contributed by atoms with Crippen LogP contribution in [-0.2, 0) is 16.0 Å². The minimum absolute atomic E-state index is 0.0150. The van der Waals surface area contributed by atoms with Gasteiger partial charge in [0.05, 0.1) is 18.7 Å². The van der Waals surface area contributed by atoms with E-state index in [1.165, 1.54) is 11.8 Å². The molecule has 1 aromatic carbocycles. The average Bonchev–Trinajstić information content (AvgIpc) is 3.54. The van der Waals surface area contributed by atoms with Gasteiger partial charge in [-0.3, -0.25) is 9.59 Å². The Kier molecular flexibility index (Phi) is 5.80. The van der Waals surface area contributed by atoms with Crippen molar-refractivity contribution in [3.8, 4) is 17.7 Å². The Bertz CT molecular complexity index is 1230. The van der Waals surface area contributed by atoms with Crippen LogP contribution in [0, 0.1) is 11.3 Å². The van der Waals surface area contributed by atoms with Crippen molar-refractivity contribution in [2.24, 2.45) is 0 Å². The van der Waals surface area contributed by atoms with Crippen LogP contribution in [-0.4, -0.2) is 59.3 Å². The highest BCUT2D eigenvalue weighted by molar-refractivity contribution is 5.80. The van der Waals surface area contributed by atoms with Crippen molar-refractivity contribution in [2.45, 2.75) is 25.8 Å². The molecule has 0 N–H and O–H groups in total. The van der Waals surface area contributed by atoms with Crippen LogP contribution < -0.4 is 4.90 Å². The maximum absolute atomic E-state index is 13.2. The molecule has 1 unspecified atom stereocenters. The van der Waals surface area contributed by atoms with Crippen LogP contribution in [0.4, 0.5) is 5.88 Å². The molecule has 4 heterocycles. The Morgan fingerprint density at radius 2 is 1.91 bits per heavy atom. The van der Waals surface area contributed by atoms with Gasteiger partial charge in [0, 0.05) is 39.6 Å². The molecule has 2 aliphatic heterocycles. The normalized spacial score (nSPS) is 17.9. The molecule has 1 atom stereocenters. The van der Waals surface area contributed by atoms with E-state index in [0.29, 0.717) is 44.4 Å². The third kappa shape index (κ3) is 4.03. The third-order valence-corrected chi connectivity index (χ3v) is 6.55.